The van der Waals surface area contributed by atoms with E-state index in [0.29, 0.717) is 12.5 Å². The number of rotatable bonds is 4. The molecule has 1 atom stereocenters. The van der Waals surface area contributed by atoms with E-state index in [9.17, 15) is 4.79 Å². The number of nitrogens with zero attached hydrogens (tertiary/aromatic N) is 2. The molecule has 0 radical (unpaired) electrons. The van der Waals surface area contributed by atoms with Gasteiger partial charge in [-0.15, -0.1) is 0 Å². The van der Waals surface area contributed by atoms with Crippen LogP contribution >= 0.6 is 0 Å². The van der Waals surface area contributed by atoms with Gasteiger partial charge in [0.25, 0.3) is 0 Å². The van der Waals surface area contributed by atoms with Crippen LogP contribution < -0.4 is 0 Å². The van der Waals surface area contributed by atoms with Crippen molar-refractivity contribution in [1.29, 1.82) is 0 Å². The van der Waals surface area contributed by atoms with Gasteiger partial charge in [0.2, 0.25) is 0 Å². The van der Waals surface area contributed by atoms with E-state index in [1.807, 2.05) is 12.1 Å². The number of carbonyl (C=O) groups is 1. The van der Waals surface area contributed by atoms with Crippen molar-refractivity contribution in [2.24, 2.45) is 0 Å². The molecule has 2 rings (SSSR count). The van der Waals surface area contributed by atoms with Crippen LogP contribution in [-0.4, -0.2) is 55.4 Å². The Labute approximate surface area is 116 Å². The summed E-state index contributed by atoms with van der Waals surface area (Å²) in [6, 6.07) is 8.40. The number of Topliss-reactive ketones (excluding diaryl/α,β-unsaturated/α-hetero) is 1. The van der Waals surface area contributed by atoms with Crippen molar-refractivity contribution in [1.82, 2.24) is 9.80 Å². The monoisotopic (exact) mass is 260 g/mol. The number of ketones is 1. The number of likely N-dealkylation sites (N-methyl/N-ethyl adjacent to an activating group) is 2. The van der Waals surface area contributed by atoms with Gasteiger partial charge in [-0.05, 0) is 26.1 Å². The molecule has 0 N–H and O–H groups in total. The third kappa shape index (κ3) is 3.64. The molecule has 3 nitrogen and oxygen atoms in total. The summed E-state index contributed by atoms with van der Waals surface area (Å²) in [7, 11) is 4.24. The van der Waals surface area contributed by atoms with Crippen molar-refractivity contribution in [2.75, 3.05) is 33.7 Å². The summed E-state index contributed by atoms with van der Waals surface area (Å²) in [6.45, 7) is 5.24. The summed E-state index contributed by atoms with van der Waals surface area (Å²) in [4.78, 5) is 16.9. The molecule has 0 amide bonds. The lowest BCUT2D eigenvalue weighted by Gasteiger charge is -2.37. The molecule has 1 aliphatic rings. The molecular weight excluding hydrogens is 236 g/mol. The smallest absolute Gasteiger partial charge is 0.164 e. The molecular formula is C16H24N2O. The second-order valence-corrected chi connectivity index (χ2v) is 5.57. The van der Waals surface area contributed by atoms with E-state index in [1.54, 1.807) is 0 Å². The molecule has 1 aromatic rings. The van der Waals surface area contributed by atoms with E-state index in [-0.39, 0.29) is 5.78 Å². The zero-order valence-electron chi connectivity index (χ0n) is 12.2. The van der Waals surface area contributed by atoms with Gasteiger partial charge in [-0.3, -0.25) is 4.79 Å². The maximum Gasteiger partial charge on any atom is 0.164 e. The first-order valence-electron chi connectivity index (χ1n) is 7.11. The van der Waals surface area contributed by atoms with Crippen molar-refractivity contribution >= 4 is 5.78 Å². The van der Waals surface area contributed by atoms with Gasteiger partial charge in [-0.25, -0.2) is 0 Å². The Kier molecular flexibility index (Phi) is 4.72. The summed E-state index contributed by atoms with van der Waals surface area (Å²) < 4.78 is 0. The average Bonchev–Trinajstić information content (AvgIpc) is 2.43. The van der Waals surface area contributed by atoms with Gasteiger partial charge in [0.1, 0.15) is 0 Å². The summed E-state index contributed by atoms with van der Waals surface area (Å²) in [5.41, 5.74) is 2.13. The fourth-order valence-corrected chi connectivity index (χ4v) is 2.58. The van der Waals surface area contributed by atoms with E-state index in [1.165, 1.54) is 5.56 Å². The Morgan fingerprint density at radius 1 is 1.21 bits per heavy atom. The van der Waals surface area contributed by atoms with Crippen molar-refractivity contribution in [3.05, 3.63) is 35.4 Å². The predicted molar refractivity (Wildman–Crippen MR) is 78.7 cm³/mol. The summed E-state index contributed by atoms with van der Waals surface area (Å²) in [5, 5.41) is 0. The van der Waals surface area contributed by atoms with Crippen LogP contribution in [0.4, 0.5) is 0 Å². The molecule has 1 fully saturated rings. The highest BCUT2D eigenvalue weighted by molar-refractivity contribution is 5.96. The van der Waals surface area contributed by atoms with Crippen LogP contribution in [0.15, 0.2) is 24.3 Å². The van der Waals surface area contributed by atoms with Gasteiger partial charge in [0.05, 0.1) is 0 Å². The summed E-state index contributed by atoms with van der Waals surface area (Å²) in [6.07, 6.45) is 1.64. The fraction of sp³-hybridized carbons (Fsp3) is 0.562. The van der Waals surface area contributed by atoms with Crippen LogP contribution in [0.1, 0.15) is 29.3 Å². The Hall–Kier alpha value is -1.19. The predicted octanol–water partition coefficient (Wildman–Crippen LogP) is 2.07. The Bertz CT molecular complexity index is 427. The first-order valence-corrected chi connectivity index (χ1v) is 7.11. The van der Waals surface area contributed by atoms with Crippen LogP contribution in [0.5, 0.6) is 0 Å². The van der Waals surface area contributed by atoms with Crippen LogP contribution in [0, 0.1) is 0 Å². The number of hydrogen-bond acceptors (Lipinski definition) is 3. The number of aryl methyl sites for hydroxylation is 1. The van der Waals surface area contributed by atoms with Crippen molar-refractivity contribution in [2.45, 2.75) is 25.8 Å². The number of hydrogen-bond donors (Lipinski definition) is 0. The maximum atomic E-state index is 12.3. The molecule has 0 spiro atoms. The largest absolute Gasteiger partial charge is 0.304 e. The van der Waals surface area contributed by atoms with Crippen molar-refractivity contribution < 1.29 is 4.79 Å². The van der Waals surface area contributed by atoms with Crippen LogP contribution in [0.3, 0.4) is 0 Å². The zero-order chi connectivity index (χ0) is 13.8. The minimum atomic E-state index is 0.259. The third-order valence-electron chi connectivity index (χ3n) is 4.09. The Morgan fingerprint density at radius 2 is 1.89 bits per heavy atom. The van der Waals surface area contributed by atoms with Gasteiger partial charge in [-0.2, -0.15) is 0 Å². The second-order valence-electron chi connectivity index (χ2n) is 5.57. The highest BCUT2D eigenvalue weighted by Crippen LogP contribution is 2.14. The van der Waals surface area contributed by atoms with E-state index < -0.39 is 0 Å². The van der Waals surface area contributed by atoms with Crippen LogP contribution in [0.2, 0.25) is 0 Å². The van der Waals surface area contributed by atoms with Crippen molar-refractivity contribution in [3.8, 4) is 0 Å². The molecule has 1 aliphatic heterocycles. The SMILES string of the molecule is CCc1ccc(C(=O)CC2CN(C)CCN2C)cc1. The molecule has 1 unspecified atom stereocenters. The first-order chi connectivity index (χ1) is 9.10. The van der Waals surface area contributed by atoms with E-state index >= 15 is 0 Å². The molecule has 19 heavy (non-hydrogen) atoms. The molecule has 1 saturated heterocycles. The molecule has 104 valence electrons. The first kappa shape index (κ1) is 14.2. The topological polar surface area (TPSA) is 23.6 Å². The molecule has 1 heterocycles. The lowest BCUT2D eigenvalue weighted by Crippen LogP contribution is -2.50. The molecule has 0 aromatic heterocycles. The molecule has 1 aromatic carbocycles. The maximum absolute atomic E-state index is 12.3. The van der Waals surface area contributed by atoms with E-state index in [4.69, 9.17) is 0 Å². The highest BCUT2D eigenvalue weighted by atomic mass is 16.1. The zero-order valence-corrected chi connectivity index (χ0v) is 12.2. The minimum Gasteiger partial charge on any atom is -0.304 e. The molecule has 0 bridgehead atoms. The van der Waals surface area contributed by atoms with E-state index in [0.717, 1.165) is 31.6 Å². The summed E-state index contributed by atoms with van der Waals surface area (Å²) in [5.74, 6) is 0.259. The highest BCUT2D eigenvalue weighted by Gasteiger charge is 2.24. The quantitative estimate of drug-likeness (QED) is 0.774. The van der Waals surface area contributed by atoms with Gasteiger partial charge in [-0.1, -0.05) is 31.2 Å². The third-order valence-corrected chi connectivity index (χ3v) is 4.09. The average molecular weight is 260 g/mol. The van der Waals surface area contributed by atoms with Gasteiger partial charge < -0.3 is 9.80 Å². The molecule has 0 aliphatic carbocycles. The fourth-order valence-electron chi connectivity index (χ4n) is 2.58. The number of carbonyl (C=O) groups excluding carboxylic acids is 1. The van der Waals surface area contributed by atoms with E-state index in [2.05, 4.69) is 43.0 Å². The Balaban J connectivity index is 1.99. The molecule has 0 saturated carbocycles. The molecule has 3 heteroatoms. The lowest BCUT2D eigenvalue weighted by atomic mass is 10.00. The second kappa shape index (κ2) is 6.31. The minimum absolute atomic E-state index is 0.259. The van der Waals surface area contributed by atoms with Gasteiger partial charge >= 0.3 is 0 Å². The van der Waals surface area contributed by atoms with Crippen LogP contribution in [-0.2, 0) is 6.42 Å². The van der Waals surface area contributed by atoms with Gasteiger partial charge in [0.15, 0.2) is 5.78 Å². The number of piperazine rings is 1. The standard InChI is InChI=1S/C16H24N2O/c1-4-13-5-7-14(8-6-13)16(19)11-15-12-17(2)9-10-18(15)3/h5-8,15H,4,9-12H2,1-3H3. The lowest BCUT2D eigenvalue weighted by molar-refractivity contribution is 0.0810. The van der Waals surface area contributed by atoms with Gasteiger partial charge in [0, 0.05) is 37.7 Å². The summed E-state index contributed by atoms with van der Waals surface area (Å²) >= 11 is 0. The Morgan fingerprint density at radius 3 is 2.53 bits per heavy atom. The number of benzene rings is 1. The van der Waals surface area contributed by atoms with Crippen molar-refractivity contribution in [3.63, 3.8) is 0 Å². The normalized spacial score (nSPS) is 21.5. The van der Waals surface area contributed by atoms with Crippen LogP contribution in [0.25, 0.3) is 0 Å².